The Balaban J connectivity index is 1.91. The van der Waals surface area contributed by atoms with Crippen LogP contribution in [0.15, 0.2) is 54.7 Å². The second-order valence-corrected chi connectivity index (χ2v) is 4.83. The van der Waals surface area contributed by atoms with Crippen molar-refractivity contribution in [2.75, 3.05) is 5.73 Å². The molecule has 0 aliphatic carbocycles. The zero-order valence-electron chi connectivity index (χ0n) is 10.7. The molecule has 0 aliphatic rings. The summed E-state index contributed by atoms with van der Waals surface area (Å²) in [5.41, 5.74) is 8.18. The van der Waals surface area contributed by atoms with Crippen molar-refractivity contribution in [2.45, 2.75) is 6.61 Å². The highest BCUT2D eigenvalue weighted by atomic mass is 35.5. The Hall–Kier alpha value is -2.26. The fraction of sp³-hybridized carbons (Fsp3) is 0.0625. The van der Waals surface area contributed by atoms with Crippen LogP contribution in [0.4, 0.5) is 5.69 Å². The van der Waals surface area contributed by atoms with Gasteiger partial charge >= 0.3 is 0 Å². The first-order valence-corrected chi connectivity index (χ1v) is 6.63. The van der Waals surface area contributed by atoms with Gasteiger partial charge in [-0.3, -0.25) is 4.98 Å². The lowest BCUT2D eigenvalue weighted by Gasteiger charge is -2.11. The number of halogens is 1. The van der Waals surface area contributed by atoms with E-state index in [1.165, 1.54) is 0 Å². The summed E-state index contributed by atoms with van der Waals surface area (Å²) in [6, 6.07) is 15.2. The molecule has 3 rings (SSSR count). The maximum Gasteiger partial charge on any atom is 0.146 e. The van der Waals surface area contributed by atoms with Gasteiger partial charge in [0.1, 0.15) is 17.9 Å². The third kappa shape index (κ3) is 2.40. The number of ether oxygens (including phenoxy) is 1. The third-order valence-corrected chi connectivity index (χ3v) is 3.48. The zero-order valence-corrected chi connectivity index (χ0v) is 11.5. The zero-order chi connectivity index (χ0) is 13.9. The van der Waals surface area contributed by atoms with Gasteiger partial charge in [0.05, 0.1) is 0 Å². The van der Waals surface area contributed by atoms with Gasteiger partial charge in [0, 0.05) is 27.9 Å². The number of nitrogen functional groups attached to an aromatic ring is 1. The number of hydrogen-bond acceptors (Lipinski definition) is 3. The molecule has 0 bridgehead atoms. The van der Waals surface area contributed by atoms with E-state index in [9.17, 15) is 0 Å². The van der Waals surface area contributed by atoms with E-state index >= 15 is 0 Å². The molecule has 4 heteroatoms. The van der Waals surface area contributed by atoms with Crippen molar-refractivity contribution in [3.05, 3.63) is 65.3 Å². The van der Waals surface area contributed by atoms with Crippen molar-refractivity contribution in [2.24, 2.45) is 0 Å². The van der Waals surface area contributed by atoms with Gasteiger partial charge < -0.3 is 10.5 Å². The van der Waals surface area contributed by atoms with Crippen molar-refractivity contribution < 1.29 is 4.74 Å². The molecule has 3 nitrogen and oxygen atoms in total. The van der Waals surface area contributed by atoms with E-state index in [2.05, 4.69) is 4.98 Å². The largest absolute Gasteiger partial charge is 0.486 e. The van der Waals surface area contributed by atoms with E-state index in [0.29, 0.717) is 17.3 Å². The Kier molecular flexibility index (Phi) is 3.44. The minimum absolute atomic E-state index is 0.321. The standard InChI is InChI=1S/C16H13ClN2O/c17-13-6-2-7-14(18)12(13)10-20-15-8-1-4-11-5-3-9-19-16(11)15/h1-9H,10,18H2. The Morgan fingerprint density at radius 1 is 1.05 bits per heavy atom. The highest BCUT2D eigenvalue weighted by molar-refractivity contribution is 6.31. The molecule has 0 unspecified atom stereocenters. The van der Waals surface area contributed by atoms with Crippen molar-refractivity contribution >= 4 is 28.2 Å². The lowest BCUT2D eigenvalue weighted by Crippen LogP contribution is -2.01. The Morgan fingerprint density at radius 2 is 1.85 bits per heavy atom. The number of fused-ring (bicyclic) bond motifs is 1. The summed E-state index contributed by atoms with van der Waals surface area (Å²) in [6.45, 7) is 0.321. The van der Waals surface area contributed by atoms with Crippen LogP contribution in [0.1, 0.15) is 5.56 Å². The van der Waals surface area contributed by atoms with E-state index < -0.39 is 0 Å². The van der Waals surface area contributed by atoms with E-state index in [0.717, 1.165) is 22.2 Å². The highest BCUT2D eigenvalue weighted by Gasteiger charge is 2.07. The molecule has 0 amide bonds. The summed E-state index contributed by atoms with van der Waals surface area (Å²) < 4.78 is 5.84. The molecular formula is C16H13ClN2O. The molecule has 0 saturated carbocycles. The molecular weight excluding hydrogens is 272 g/mol. The van der Waals surface area contributed by atoms with Crippen molar-refractivity contribution in [3.8, 4) is 5.75 Å². The summed E-state index contributed by atoms with van der Waals surface area (Å²) in [6.07, 6.45) is 1.75. The third-order valence-electron chi connectivity index (χ3n) is 3.12. The SMILES string of the molecule is Nc1cccc(Cl)c1COc1cccc2cccnc12. The average Bonchev–Trinajstić information content (AvgIpc) is 2.47. The molecule has 0 atom stereocenters. The topological polar surface area (TPSA) is 48.1 Å². The molecule has 0 spiro atoms. The van der Waals surface area contributed by atoms with Crippen LogP contribution in [-0.2, 0) is 6.61 Å². The maximum absolute atomic E-state index is 6.14. The summed E-state index contributed by atoms with van der Waals surface area (Å²) >= 11 is 6.14. The minimum atomic E-state index is 0.321. The van der Waals surface area contributed by atoms with Crippen LogP contribution in [0.3, 0.4) is 0 Å². The summed E-state index contributed by atoms with van der Waals surface area (Å²) in [5.74, 6) is 0.724. The van der Waals surface area contributed by atoms with Gasteiger partial charge in [-0.25, -0.2) is 0 Å². The summed E-state index contributed by atoms with van der Waals surface area (Å²) in [7, 11) is 0. The van der Waals surface area contributed by atoms with Crippen LogP contribution in [-0.4, -0.2) is 4.98 Å². The predicted molar refractivity (Wildman–Crippen MR) is 81.9 cm³/mol. The van der Waals surface area contributed by atoms with Crippen LogP contribution in [0.2, 0.25) is 5.02 Å². The molecule has 20 heavy (non-hydrogen) atoms. The fourth-order valence-corrected chi connectivity index (χ4v) is 2.31. The highest BCUT2D eigenvalue weighted by Crippen LogP contribution is 2.27. The maximum atomic E-state index is 6.14. The summed E-state index contributed by atoms with van der Waals surface area (Å²) in [5, 5.41) is 1.65. The Bertz CT molecular complexity index is 733. The molecule has 1 aromatic heterocycles. The van der Waals surface area contributed by atoms with E-state index in [1.54, 1.807) is 12.3 Å². The van der Waals surface area contributed by atoms with Gasteiger partial charge in [0.25, 0.3) is 0 Å². The van der Waals surface area contributed by atoms with E-state index in [-0.39, 0.29) is 0 Å². The second-order valence-electron chi connectivity index (χ2n) is 4.43. The molecule has 2 N–H and O–H groups in total. The van der Waals surface area contributed by atoms with Crippen molar-refractivity contribution in [1.82, 2.24) is 4.98 Å². The quantitative estimate of drug-likeness (QED) is 0.738. The van der Waals surface area contributed by atoms with Crippen LogP contribution in [0, 0.1) is 0 Å². The number of anilines is 1. The fourth-order valence-electron chi connectivity index (χ4n) is 2.07. The number of benzene rings is 2. The number of para-hydroxylation sites is 1. The monoisotopic (exact) mass is 284 g/mol. The van der Waals surface area contributed by atoms with Gasteiger partial charge in [0.2, 0.25) is 0 Å². The number of rotatable bonds is 3. The van der Waals surface area contributed by atoms with Crippen molar-refractivity contribution in [1.29, 1.82) is 0 Å². The minimum Gasteiger partial charge on any atom is -0.486 e. The number of nitrogens with zero attached hydrogens (tertiary/aromatic N) is 1. The van der Waals surface area contributed by atoms with Gasteiger partial charge in [0.15, 0.2) is 0 Å². The summed E-state index contributed by atoms with van der Waals surface area (Å²) in [4.78, 5) is 4.35. The normalized spacial score (nSPS) is 10.7. The first-order chi connectivity index (χ1) is 9.75. The van der Waals surface area contributed by atoms with Crippen LogP contribution >= 0.6 is 11.6 Å². The molecule has 0 fully saturated rings. The number of nitrogens with two attached hydrogens (primary N) is 1. The molecule has 0 saturated heterocycles. The van der Waals surface area contributed by atoms with Crippen LogP contribution in [0.5, 0.6) is 5.75 Å². The van der Waals surface area contributed by atoms with Crippen LogP contribution < -0.4 is 10.5 Å². The smallest absolute Gasteiger partial charge is 0.146 e. The average molecular weight is 285 g/mol. The Morgan fingerprint density at radius 3 is 2.70 bits per heavy atom. The predicted octanol–water partition coefficient (Wildman–Crippen LogP) is 4.05. The molecule has 1 heterocycles. The first-order valence-electron chi connectivity index (χ1n) is 6.25. The molecule has 0 radical (unpaired) electrons. The number of hydrogen-bond donors (Lipinski definition) is 1. The Labute approximate surface area is 122 Å². The second kappa shape index (κ2) is 5.39. The van der Waals surface area contributed by atoms with Gasteiger partial charge in [-0.1, -0.05) is 35.9 Å². The van der Waals surface area contributed by atoms with E-state index in [1.807, 2.05) is 42.5 Å². The lowest BCUT2D eigenvalue weighted by molar-refractivity contribution is 0.310. The molecule has 0 aliphatic heterocycles. The number of pyridine rings is 1. The van der Waals surface area contributed by atoms with Crippen molar-refractivity contribution in [3.63, 3.8) is 0 Å². The number of aromatic nitrogens is 1. The van der Waals surface area contributed by atoms with Gasteiger partial charge in [-0.2, -0.15) is 0 Å². The molecule has 2 aromatic carbocycles. The van der Waals surface area contributed by atoms with Gasteiger partial charge in [-0.05, 0) is 24.3 Å². The molecule has 100 valence electrons. The first kappa shape index (κ1) is 12.8. The lowest BCUT2D eigenvalue weighted by atomic mass is 10.2. The van der Waals surface area contributed by atoms with Crippen LogP contribution in [0.25, 0.3) is 10.9 Å². The van der Waals surface area contributed by atoms with E-state index in [4.69, 9.17) is 22.1 Å². The van der Waals surface area contributed by atoms with Gasteiger partial charge in [-0.15, -0.1) is 0 Å². The molecule has 3 aromatic rings.